The molecule has 0 saturated carbocycles. The molecule has 0 saturated heterocycles. The summed E-state index contributed by atoms with van der Waals surface area (Å²) in [6.45, 7) is 11.4. The number of unbranched alkanes of at least 4 members (excludes halogenated alkanes) is 38. The molecule has 0 aromatic rings. The van der Waals surface area contributed by atoms with Crippen molar-refractivity contribution in [2.45, 2.75) is 343 Å². The topological polar surface area (TPSA) is 78.9 Å². The van der Waals surface area contributed by atoms with Gasteiger partial charge in [-0.15, -0.1) is 0 Å². The van der Waals surface area contributed by atoms with E-state index < -0.39 is 6.10 Å². The van der Waals surface area contributed by atoms with Crippen LogP contribution < -0.4 is 0 Å². The first-order chi connectivity index (χ1) is 32.3. The van der Waals surface area contributed by atoms with Crippen LogP contribution >= 0.6 is 0 Å². The predicted molar refractivity (Wildman–Crippen MR) is 284 cm³/mol. The molecule has 0 spiro atoms. The van der Waals surface area contributed by atoms with Gasteiger partial charge in [0.1, 0.15) is 13.2 Å². The van der Waals surface area contributed by atoms with Crippen molar-refractivity contribution in [2.24, 2.45) is 11.8 Å². The average molecular weight is 934 g/mol. The predicted octanol–water partition coefficient (Wildman–Crippen LogP) is 19.7. The third-order valence-corrected chi connectivity index (χ3v) is 14.1. The number of hydrogen-bond donors (Lipinski definition) is 0. The lowest BCUT2D eigenvalue weighted by Gasteiger charge is -2.18. The van der Waals surface area contributed by atoms with E-state index in [9.17, 15) is 14.4 Å². The fourth-order valence-electron chi connectivity index (χ4n) is 9.20. The number of rotatable bonds is 54. The SMILES string of the molecule is CCCCCCCCCCCCCCCC(=O)OC[C@@H](COC(=O)CCCCCCCCCCCCC(C)C)OC(=O)CCCCCCCCCCCCCCCCCCCCC(C)CC. The van der Waals surface area contributed by atoms with Gasteiger partial charge < -0.3 is 14.2 Å². The molecule has 66 heavy (non-hydrogen) atoms. The van der Waals surface area contributed by atoms with Crippen LogP contribution in [0.25, 0.3) is 0 Å². The van der Waals surface area contributed by atoms with Crippen LogP contribution in [0, 0.1) is 11.8 Å². The average Bonchev–Trinajstić information content (AvgIpc) is 3.30. The molecule has 0 rings (SSSR count). The van der Waals surface area contributed by atoms with Gasteiger partial charge in [-0.1, -0.05) is 298 Å². The highest BCUT2D eigenvalue weighted by Gasteiger charge is 2.19. The lowest BCUT2D eigenvalue weighted by molar-refractivity contribution is -0.167. The van der Waals surface area contributed by atoms with Gasteiger partial charge >= 0.3 is 17.9 Å². The van der Waals surface area contributed by atoms with Crippen molar-refractivity contribution in [3.8, 4) is 0 Å². The van der Waals surface area contributed by atoms with E-state index in [1.54, 1.807) is 0 Å². The smallest absolute Gasteiger partial charge is 0.306 e. The number of esters is 3. The van der Waals surface area contributed by atoms with E-state index in [4.69, 9.17) is 14.2 Å². The third-order valence-electron chi connectivity index (χ3n) is 14.1. The van der Waals surface area contributed by atoms with E-state index in [2.05, 4.69) is 34.6 Å². The minimum absolute atomic E-state index is 0.0626. The van der Waals surface area contributed by atoms with Crippen LogP contribution in [0.2, 0.25) is 0 Å². The second-order valence-electron chi connectivity index (χ2n) is 21.4. The van der Waals surface area contributed by atoms with Crippen molar-refractivity contribution >= 4 is 17.9 Å². The zero-order valence-electron chi connectivity index (χ0n) is 45.3. The van der Waals surface area contributed by atoms with E-state index in [1.165, 1.54) is 225 Å². The van der Waals surface area contributed by atoms with Gasteiger partial charge in [-0.2, -0.15) is 0 Å². The lowest BCUT2D eigenvalue weighted by Crippen LogP contribution is -2.30. The summed E-state index contributed by atoms with van der Waals surface area (Å²) >= 11 is 0. The minimum atomic E-state index is -0.763. The molecule has 0 fully saturated rings. The zero-order valence-corrected chi connectivity index (χ0v) is 45.3. The Morgan fingerprint density at radius 1 is 0.318 bits per heavy atom. The van der Waals surface area contributed by atoms with Crippen molar-refractivity contribution in [2.75, 3.05) is 13.2 Å². The molecule has 0 radical (unpaired) electrons. The summed E-state index contributed by atoms with van der Waals surface area (Å²) in [4.78, 5) is 38.1. The second kappa shape index (κ2) is 52.8. The van der Waals surface area contributed by atoms with Gasteiger partial charge in [0.25, 0.3) is 0 Å². The summed E-state index contributed by atoms with van der Waals surface area (Å²) in [7, 11) is 0. The molecule has 0 bridgehead atoms. The molecule has 0 aliphatic rings. The van der Waals surface area contributed by atoms with Crippen molar-refractivity contribution in [1.82, 2.24) is 0 Å². The van der Waals surface area contributed by atoms with Gasteiger partial charge in [-0.3, -0.25) is 14.4 Å². The highest BCUT2D eigenvalue weighted by atomic mass is 16.6. The Hall–Kier alpha value is -1.59. The molecule has 0 amide bonds. The monoisotopic (exact) mass is 933 g/mol. The first kappa shape index (κ1) is 64.4. The van der Waals surface area contributed by atoms with Gasteiger partial charge in [0, 0.05) is 19.3 Å². The number of hydrogen-bond acceptors (Lipinski definition) is 6. The molecule has 6 heteroatoms. The van der Waals surface area contributed by atoms with Crippen molar-refractivity contribution < 1.29 is 28.6 Å². The summed E-state index contributed by atoms with van der Waals surface area (Å²) in [5.74, 6) is 0.889. The highest BCUT2D eigenvalue weighted by molar-refractivity contribution is 5.71. The summed E-state index contributed by atoms with van der Waals surface area (Å²) in [6.07, 6.45) is 56.6. The zero-order chi connectivity index (χ0) is 48.2. The number of ether oxygens (including phenoxy) is 3. The Kier molecular flexibility index (Phi) is 51.5. The Balaban J connectivity index is 4.24. The molecule has 0 N–H and O–H groups in total. The fraction of sp³-hybridized carbons (Fsp3) is 0.950. The molecule has 0 aliphatic heterocycles. The summed E-state index contributed by atoms with van der Waals surface area (Å²) in [5.41, 5.74) is 0. The van der Waals surface area contributed by atoms with Crippen LogP contribution in [0.15, 0.2) is 0 Å². The molecule has 2 atom stereocenters. The first-order valence-corrected chi connectivity index (χ1v) is 29.8. The molecule has 0 aromatic heterocycles. The molecule has 6 nitrogen and oxygen atoms in total. The Bertz CT molecular complexity index is 1010. The Morgan fingerprint density at radius 2 is 0.576 bits per heavy atom. The van der Waals surface area contributed by atoms with Gasteiger partial charge in [-0.25, -0.2) is 0 Å². The van der Waals surface area contributed by atoms with Gasteiger partial charge in [0.05, 0.1) is 0 Å². The Morgan fingerprint density at radius 3 is 0.864 bits per heavy atom. The summed E-state index contributed by atoms with van der Waals surface area (Å²) < 4.78 is 16.9. The largest absolute Gasteiger partial charge is 0.462 e. The molecule has 0 aliphatic carbocycles. The van der Waals surface area contributed by atoms with Crippen LogP contribution in [0.3, 0.4) is 0 Å². The molecule has 0 heterocycles. The van der Waals surface area contributed by atoms with Crippen LogP contribution in [-0.2, 0) is 28.6 Å². The Labute approximate surface area is 412 Å². The normalized spacial score (nSPS) is 12.5. The summed E-state index contributed by atoms with van der Waals surface area (Å²) in [6, 6.07) is 0. The van der Waals surface area contributed by atoms with Crippen LogP contribution in [0.4, 0.5) is 0 Å². The quantitative estimate of drug-likeness (QED) is 0.0343. The van der Waals surface area contributed by atoms with E-state index >= 15 is 0 Å². The first-order valence-electron chi connectivity index (χ1n) is 29.8. The van der Waals surface area contributed by atoms with Crippen LogP contribution in [0.5, 0.6) is 0 Å². The highest BCUT2D eigenvalue weighted by Crippen LogP contribution is 2.19. The number of carbonyl (C=O) groups excluding carboxylic acids is 3. The van der Waals surface area contributed by atoms with Crippen molar-refractivity contribution in [3.63, 3.8) is 0 Å². The maximum Gasteiger partial charge on any atom is 0.306 e. The van der Waals surface area contributed by atoms with Gasteiger partial charge in [0.2, 0.25) is 0 Å². The maximum atomic E-state index is 12.9. The standard InChI is InChI=1S/C60H116O6/c1-6-8-9-10-11-12-13-20-24-30-35-40-45-50-58(61)64-53-57(54-65-59(62)51-46-41-36-31-27-26-28-33-38-43-48-55(3)4)66-60(63)52-47-42-37-32-25-22-19-17-15-14-16-18-21-23-29-34-39-44-49-56(5)7-2/h55-57H,6-54H2,1-5H3/t56?,57-/m0/s1. The second-order valence-corrected chi connectivity index (χ2v) is 21.4. The lowest BCUT2D eigenvalue weighted by atomic mass is 9.99. The van der Waals surface area contributed by atoms with E-state index in [-0.39, 0.29) is 31.1 Å². The molecule has 1 unspecified atom stereocenters. The third kappa shape index (κ3) is 51.8. The number of carbonyl (C=O) groups is 3. The van der Waals surface area contributed by atoms with Crippen LogP contribution in [0.1, 0.15) is 336 Å². The van der Waals surface area contributed by atoms with Gasteiger partial charge in [0.15, 0.2) is 6.10 Å². The van der Waals surface area contributed by atoms with E-state index in [0.29, 0.717) is 19.3 Å². The van der Waals surface area contributed by atoms with Crippen molar-refractivity contribution in [3.05, 3.63) is 0 Å². The van der Waals surface area contributed by atoms with Crippen LogP contribution in [-0.4, -0.2) is 37.2 Å². The molecular weight excluding hydrogens is 817 g/mol. The molecule has 0 aromatic carbocycles. The van der Waals surface area contributed by atoms with Crippen molar-refractivity contribution in [1.29, 1.82) is 0 Å². The van der Waals surface area contributed by atoms with E-state index in [0.717, 1.165) is 69.6 Å². The fourth-order valence-corrected chi connectivity index (χ4v) is 9.20. The maximum absolute atomic E-state index is 12.9. The van der Waals surface area contributed by atoms with Gasteiger partial charge in [-0.05, 0) is 31.1 Å². The van der Waals surface area contributed by atoms with E-state index in [1.807, 2.05) is 0 Å². The molecule has 392 valence electrons. The summed E-state index contributed by atoms with van der Waals surface area (Å²) in [5, 5.41) is 0. The minimum Gasteiger partial charge on any atom is -0.462 e. The molecular formula is C60H116O6.